The van der Waals surface area contributed by atoms with Crippen LogP contribution in [0.1, 0.15) is 12.0 Å². The second-order valence-corrected chi connectivity index (χ2v) is 4.65. The summed E-state index contributed by atoms with van der Waals surface area (Å²) in [6.07, 6.45) is 1.09. The van der Waals surface area contributed by atoms with Crippen molar-refractivity contribution < 1.29 is 9.84 Å². The van der Waals surface area contributed by atoms with Crippen LogP contribution in [0.2, 0.25) is 0 Å². The Morgan fingerprint density at radius 1 is 1.53 bits per heavy atom. The van der Waals surface area contributed by atoms with E-state index in [-0.39, 0.29) is 0 Å². The molecule has 4 nitrogen and oxygen atoms in total. The van der Waals surface area contributed by atoms with Crippen molar-refractivity contribution >= 4 is 5.69 Å². The van der Waals surface area contributed by atoms with Gasteiger partial charge in [-0.05, 0) is 36.6 Å². The number of benzene rings is 1. The maximum atomic E-state index is 9.10. The van der Waals surface area contributed by atoms with Gasteiger partial charge in [-0.2, -0.15) is 0 Å². The molecule has 0 bridgehead atoms. The van der Waals surface area contributed by atoms with Crippen molar-refractivity contribution in [3.05, 3.63) is 23.8 Å². The largest absolute Gasteiger partial charge is 0.495 e. The van der Waals surface area contributed by atoms with Crippen LogP contribution >= 0.6 is 0 Å². The van der Waals surface area contributed by atoms with Crippen LogP contribution in [0.15, 0.2) is 18.2 Å². The molecule has 0 spiro atoms. The number of hydrogen-bond donors (Lipinski definition) is 2. The van der Waals surface area contributed by atoms with E-state index in [0.717, 1.165) is 31.8 Å². The van der Waals surface area contributed by atoms with E-state index >= 15 is 0 Å². The van der Waals surface area contributed by atoms with Gasteiger partial charge < -0.3 is 15.6 Å². The number of aliphatic hydroxyl groups is 1. The minimum atomic E-state index is 0.293. The molecule has 1 saturated heterocycles. The molecule has 1 aromatic carbocycles. The smallest absolute Gasteiger partial charge is 0.141 e. The lowest BCUT2D eigenvalue weighted by Gasteiger charge is -2.16. The molecule has 4 heteroatoms. The third-order valence-corrected chi connectivity index (χ3v) is 3.33. The summed E-state index contributed by atoms with van der Waals surface area (Å²) in [5, 5.41) is 9.10. The summed E-state index contributed by atoms with van der Waals surface area (Å²) < 4.78 is 5.13. The van der Waals surface area contributed by atoms with Crippen molar-refractivity contribution in [2.24, 2.45) is 5.92 Å². The van der Waals surface area contributed by atoms with Crippen molar-refractivity contribution in [3.8, 4) is 5.75 Å². The molecular weight excluding hydrogens is 216 g/mol. The zero-order chi connectivity index (χ0) is 12.3. The van der Waals surface area contributed by atoms with E-state index in [9.17, 15) is 0 Å². The predicted molar refractivity (Wildman–Crippen MR) is 67.9 cm³/mol. The van der Waals surface area contributed by atoms with Crippen LogP contribution in [-0.2, 0) is 6.54 Å². The molecule has 1 atom stereocenters. The number of nitrogen functional groups attached to an aromatic ring is 1. The van der Waals surface area contributed by atoms with Gasteiger partial charge in [0.2, 0.25) is 0 Å². The van der Waals surface area contributed by atoms with Crippen LogP contribution in [0.5, 0.6) is 5.75 Å². The zero-order valence-electron chi connectivity index (χ0n) is 10.2. The Morgan fingerprint density at radius 3 is 2.94 bits per heavy atom. The molecule has 1 aliphatic rings. The second kappa shape index (κ2) is 5.38. The maximum Gasteiger partial charge on any atom is 0.141 e. The van der Waals surface area contributed by atoms with Crippen LogP contribution in [0.4, 0.5) is 5.69 Å². The first-order chi connectivity index (χ1) is 8.22. The quantitative estimate of drug-likeness (QED) is 0.768. The first-order valence-electron chi connectivity index (χ1n) is 5.98. The number of likely N-dealkylation sites (tertiary alicyclic amines) is 1. The number of nitrogens with zero attached hydrogens (tertiary/aromatic N) is 1. The van der Waals surface area contributed by atoms with Gasteiger partial charge in [0.05, 0.1) is 12.8 Å². The van der Waals surface area contributed by atoms with Gasteiger partial charge in [0.15, 0.2) is 0 Å². The van der Waals surface area contributed by atoms with Crippen molar-refractivity contribution in [1.82, 2.24) is 4.90 Å². The van der Waals surface area contributed by atoms with Gasteiger partial charge in [-0.1, -0.05) is 6.07 Å². The molecule has 0 saturated carbocycles. The van der Waals surface area contributed by atoms with Gasteiger partial charge in [-0.15, -0.1) is 0 Å². The number of anilines is 1. The Balaban J connectivity index is 1.97. The normalized spacial score (nSPS) is 20.7. The number of methoxy groups -OCH3 is 1. The highest BCUT2D eigenvalue weighted by Crippen LogP contribution is 2.24. The molecule has 2 rings (SSSR count). The molecule has 3 N–H and O–H groups in total. The predicted octanol–water partition coefficient (Wildman–Crippen LogP) is 1.09. The number of aliphatic hydroxyl groups excluding tert-OH is 1. The number of hydrogen-bond acceptors (Lipinski definition) is 4. The molecule has 1 aromatic rings. The molecule has 1 heterocycles. The average molecular weight is 236 g/mol. The van der Waals surface area contributed by atoms with Crippen LogP contribution in [0.3, 0.4) is 0 Å². The van der Waals surface area contributed by atoms with Gasteiger partial charge >= 0.3 is 0 Å². The lowest BCUT2D eigenvalue weighted by Crippen LogP contribution is -2.21. The van der Waals surface area contributed by atoms with E-state index in [1.807, 2.05) is 18.2 Å². The van der Waals surface area contributed by atoms with Crippen molar-refractivity contribution in [2.45, 2.75) is 13.0 Å². The summed E-state index contributed by atoms with van der Waals surface area (Å²) in [6.45, 7) is 3.21. The molecular formula is C13H20N2O2. The Bertz CT molecular complexity index is 382. The van der Waals surface area contributed by atoms with E-state index in [0.29, 0.717) is 18.2 Å². The van der Waals surface area contributed by atoms with Crippen LogP contribution in [0.25, 0.3) is 0 Å². The highest BCUT2D eigenvalue weighted by atomic mass is 16.5. The molecule has 0 radical (unpaired) electrons. The zero-order valence-corrected chi connectivity index (χ0v) is 10.2. The first-order valence-corrected chi connectivity index (χ1v) is 5.98. The van der Waals surface area contributed by atoms with Gasteiger partial charge in [0.1, 0.15) is 5.75 Å². The Morgan fingerprint density at radius 2 is 2.35 bits per heavy atom. The highest BCUT2D eigenvalue weighted by Gasteiger charge is 2.21. The van der Waals surface area contributed by atoms with Gasteiger partial charge in [-0.3, -0.25) is 4.90 Å². The molecule has 94 valence electrons. The Hall–Kier alpha value is -1.26. The van der Waals surface area contributed by atoms with Gasteiger partial charge in [-0.25, -0.2) is 0 Å². The van der Waals surface area contributed by atoms with E-state index in [2.05, 4.69) is 4.90 Å². The number of nitrogens with two attached hydrogens (primary N) is 1. The average Bonchev–Trinajstić information content (AvgIpc) is 2.77. The summed E-state index contributed by atoms with van der Waals surface area (Å²) >= 11 is 0. The summed E-state index contributed by atoms with van der Waals surface area (Å²) in [5.41, 5.74) is 7.76. The molecule has 0 aliphatic carbocycles. The van der Waals surface area contributed by atoms with E-state index in [1.165, 1.54) is 5.56 Å². The van der Waals surface area contributed by atoms with Gasteiger partial charge in [0.25, 0.3) is 0 Å². The summed E-state index contributed by atoms with van der Waals surface area (Å²) in [6, 6.07) is 5.91. The lowest BCUT2D eigenvalue weighted by atomic mass is 10.1. The Labute approximate surface area is 102 Å². The molecule has 1 fully saturated rings. The Kier molecular flexibility index (Phi) is 3.86. The topological polar surface area (TPSA) is 58.7 Å². The monoisotopic (exact) mass is 236 g/mol. The highest BCUT2D eigenvalue weighted by molar-refractivity contribution is 5.54. The molecule has 1 unspecified atom stereocenters. The van der Waals surface area contributed by atoms with E-state index in [4.69, 9.17) is 15.6 Å². The number of ether oxygens (including phenoxy) is 1. The molecule has 17 heavy (non-hydrogen) atoms. The fourth-order valence-corrected chi connectivity index (χ4v) is 2.35. The summed E-state index contributed by atoms with van der Waals surface area (Å²) in [5.74, 6) is 1.16. The van der Waals surface area contributed by atoms with Crippen LogP contribution < -0.4 is 10.5 Å². The fourth-order valence-electron chi connectivity index (χ4n) is 2.35. The standard InChI is InChI=1S/C13H20N2O2/c1-17-13-3-2-10(6-12(13)14)7-15-5-4-11(8-15)9-16/h2-3,6,11,16H,4-5,7-9,14H2,1H3. The third kappa shape index (κ3) is 2.90. The van der Waals surface area contributed by atoms with Crippen LogP contribution in [-0.4, -0.2) is 36.8 Å². The third-order valence-electron chi connectivity index (χ3n) is 3.33. The van der Waals surface area contributed by atoms with Crippen molar-refractivity contribution in [3.63, 3.8) is 0 Å². The fraction of sp³-hybridized carbons (Fsp3) is 0.538. The molecule has 1 aliphatic heterocycles. The van der Waals surface area contributed by atoms with Gasteiger partial charge in [0, 0.05) is 19.7 Å². The number of rotatable bonds is 4. The maximum absolute atomic E-state index is 9.10. The van der Waals surface area contributed by atoms with Crippen molar-refractivity contribution in [1.29, 1.82) is 0 Å². The molecule has 0 amide bonds. The van der Waals surface area contributed by atoms with Crippen molar-refractivity contribution in [2.75, 3.05) is 32.5 Å². The SMILES string of the molecule is COc1ccc(CN2CCC(CO)C2)cc1N. The summed E-state index contributed by atoms with van der Waals surface area (Å²) in [7, 11) is 1.62. The minimum Gasteiger partial charge on any atom is -0.495 e. The van der Waals surface area contributed by atoms with E-state index < -0.39 is 0 Å². The molecule has 0 aromatic heterocycles. The minimum absolute atomic E-state index is 0.293. The lowest BCUT2D eigenvalue weighted by molar-refractivity contribution is 0.220. The summed E-state index contributed by atoms with van der Waals surface area (Å²) in [4.78, 5) is 2.35. The second-order valence-electron chi connectivity index (χ2n) is 4.65. The first kappa shape index (κ1) is 12.2. The van der Waals surface area contributed by atoms with Crippen LogP contribution in [0, 0.1) is 5.92 Å². The van der Waals surface area contributed by atoms with E-state index in [1.54, 1.807) is 7.11 Å².